The molecule has 1 rings (SSSR count). The highest BCUT2D eigenvalue weighted by molar-refractivity contribution is 5.95. The molecule has 1 amide bonds. The fourth-order valence-corrected chi connectivity index (χ4v) is 1.43. The molecule has 18 heavy (non-hydrogen) atoms. The summed E-state index contributed by atoms with van der Waals surface area (Å²) in [6.07, 6.45) is 0. The highest BCUT2D eigenvalue weighted by Gasteiger charge is 2.14. The van der Waals surface area contributed by atoms with Gasteiger partial charge in [0.2, 0.25) is 0 Å². The Morgan fingerprint density at radius 2 is 1.72 bits per heavy atom. The van der Waals surface area contributed by atoms with Gasteiger partial charge in [0.1, 0.15) is 0 Å². The number of rotatable bonds is 5. The molecule has 0 saturated heterocycles. The minimum Gasteiger partial charge on any atom is -0.493 e. The van der Waals surface area contributed by atoms with Crippen molar-refractivity contribution >= 4 is 5.91 Å². The molecule has 0 aromatic heterocycles. The summed E-state index contributed by atoms with van der Waals surface area (Å²) in [6.45, 7) is 6.13. The lowest BCUT2D eigenvalue weighted by Crippen LogP contribution is -2.36. The van der Waals surface area contributed by atoms with Gasteiger partial charge in [0.15, 0.2) is 11.5 Å². The van der Waals surface area contributed by atoms with Crippen LogP contribution in [0, 0.1) is 5.92 Å². The molecule has 0 fully saturated rings. The fourth-order valence-electron chi connectivity index (χ4n) is 1.43. The summed E-state index contributed by atoms with van der Waals surface area (Å²) in [5.41, 5.74) is 0.570. The van der Waals surface area contributed by atoms with Gasteiger partial charge in [-0.3, -0.25) is 4.79 Å². The number of carbonyl (C=O) groups excluding carboxylic acids is 1. The van der Waals surface area contributed by atoms with Crippen molar-refractivity contribution in [3.63, 3.8) is 0 Å². The molecule has 0 aliphatic heterocycles. The first-order valence-corrected chi connectivity index (χ1v) is 6.02. The van der Waals surface area contributed by atoms with Crippen LogP contribution in [0.25, 0.3) is 0 Å². The van der Waals surface area contributed by atoms with Crippen LogP contribution in [-0.2, 0) is 0 Å². The lowest BCUT2D eigenvalue weighted by Gasteiger charge is -2.18. The van der Waals surface area contributed by atoms with E-state index in [1.54, 1.807) is 32.4 Å². The quantitative estimate of drug-likeness (QED) is 0.874. The van der Waals surface area contributed by atoms with Crippen LogP contribution in [-0.4, -0.2) is 26.2 Å². The molecule has 0 unspecified atom stereocenters. The molecule has 0 bridgehead atoms. The van der Waals surface area contributed by atoms with Gasteiger partial charge in [-0.1, -0.05) is 13.8 Å². The zero-order valence-corrected chi connectivity index (χ0v) is 11.6. The maximum atomic E-state index is 12.0. The summed E-state index contributed by atoms with van der Waals surface area (Å²) in [5, 5.41) is 2.95. The Balaban J connectivity index is 2.87. The first-order chi connectivity index (χ1) is 8.49. The largest absolute Gasteiger partial charge is 0.493 e. The van der Waals surface area contributed by atoms with Crippen LogP contribution < -0.4 is 14.8 Å². The Bertz CT molecular complexity index is 416. The van der Waals surface area contributed by atoms with Crippen LogP contribution in [0.15, 0.2) is 18.2 Å². The van der Waals surface area contributed by atoms with Gasteiger partial charge >= 0.3 is 0 Å². The second-order valence-corrected chi connectivity index (χ2v) is 4.58. The van der Waals surface area contributed by atoms with E-state index in [0.29, 0.717) is 23.0 Å². The van der Waals surface area contributed by atoms with Crippen LogP contribution >= 0.6 is 0 Å². The average molecular weight is 251 g/mol. The molecule has 4 heteroatoms. The smallest absolute Gasteiger partial charge is 0.251 e. The molecule has 100 valence electrons. The molecular formula is C14H21NO3. The molecule has 1 N–H and O–H groups in total. The van der Waals surface area contributed by atoms with Gasteiger partial charge in [0, 0.05) is 11.6 Å². The number of nitrogens with one attached hydrogen (secondary N) is 1. The molecular weight excluding hydrogens is 230 g/mol. The van der Waals surface area contributed by atoms with Crippen molar-refractivity contribution in [1.82, 2.24) is 5.32 Å². The second-order valence-electron chi connectivity index (χ2n) is 4.58. The number of ether oxygens (including phenoxy) is 2. The Kier molecular flexibility index (Phi) is 5.01. The molecule has 0 aliphatic carbocycles. The van der Waals surface area contributed by atoms with E-state index in [9.17, 15) is 4.79 Å². The number of carbonyl (C=O) groups is 1. The minimum atomic E-state index is -0.0999. The van der Waals surface area contributed by atoms with E-state index in [1.165, 1.54) is 0 Å². The zero-order valence-electron chi connectivity index (χ0n) is 11.6. The Hall–Kier alpha value is -1.71. The molecule has 0 radical (unpaired) electrons. The van der Waals surface area contributed by atoms with Crippen molar-refractivity contribution in [2.45, 2.75) is 26.8 Å². The van der Waals surface area contributed by atoms with E-state index in [-0.39, 0.29) is 11.9 Å². The van der Waals surface area contributed by atoms with Gasteiger partial charge < -0.3 is 14.8 Å². The van der Waals surface area contributed by atoms with Gasteiger partial charge in [-0.05, 0) is 31.0 Å². The van der Waals surface area contributed by atoms with E-state index in [4.69, 9.17) is 9.47 Å². The third-order valence-electron chi connectivity index (χ3n) is 3.00. The van der Waals surface area contributed by atoms with E-state index in [2.05, 4.69) is 19.2 Å². The highest BCUT2D eigenvalue weighted by atomic mass is 16.5. The van der Waals surface area contributed by atoms with E-state index >= 15 is 0 Å². The number of benzene rings is 1. The lowest BCUT2D eigenvalue weighted by atomic mass is 10.1. The van der Waals surface area contributed by atoms with E-state index in [1.807, 2.05) is 6.92 Å². The maximum Gasteiger partial charge on any atom is 0.251 e. The first-order valence-electron chi connectivity index (χ1n) is 6.02. The van der Waals surface area contributed by atoms with Gasteiger partial charge in [0.25, 0.3) is 5.91 Å². The van der Waals surface area contributed by atoms with Crippen molar-refractivity contribution in [1.29, 1.82) is 0 Å². The molecule has 1 aromatic carbocycles. The summed E-state index contributed by atoms with van der Waals surface area (Å²) in [5.74, 6) is 1.47. The molecule has 0 spiro atoms. The third kappa shape index (κ3) is 3.39. The molecule has 1 atom stereocenters. The number of hydrogen-bond donors (Lipinski definition) is 1. The van der Waals surface area contributed by atoms with Gasteiger partial charge in [-0.15, -0.1) is 0 Å². The van der Waals surface area contributed by atoms with Crippen LogP contribution in [0.2, 0.25) is 0 Å². The summed E-state index contributed by atoms with van der Waals surface area (Å²) in [7, 11) is 3.12. The van der Waals surface area contributed by atoms with Crippen molar-refractivity contribution in [2.24, 2.45) is 5.92 Å². The normalized spacial score (nSPS) is 12.1. The van der Waals surface area contributed by atoms with Crippen LogP contribution in [0.3, 0.4) is 0 Å². The Labute approximate surface area is 108 Å². The minimum absolute atomic E-state index is 0.0999. The molecule has 1 aromatic rings. The number of amides is 1. The summed E-state index contributed by atoms with van der Waals surface area (Å²) < 4.78 is 10.3. The van der Waals surface area contributed by atoms with Crippen molar-refractivity contribution < 1.29 is 14.3 Å². The van der Waals surface area contributed by atoms with E-state index in [0.717, 1.165) is 0 Å². The summed E-state index contributed by atoms with van der Waals surface area (Å²) >= 11 is 0. The summed E-state index contributed by atoms with van der Waals surface area (Å²) in [6, 6.07) is 5.27. The third-order valence-corrected chi connectivity index (χ3v) is 3.00. The van der Waals surface area contributed by atoms with Crippen LogP contribution in [0.4, 0.5) is 0 Å². The Morgan fingerprint density at radius 1 is 1.11 bits per heavy atom. The van der Waals surface area contributed by atoms with Crippen molar-refractivity contribution in [3.05, 3.63) is 23.8 Å². The van der Waals surface area contributed by atoms with Crippen LogP contribution in [0.5, 0.6) is 11.5 Å². The molecule has 0 aliphatic rings. The first kappa shape index (κ1) is 14.4. The van der Waals surface area contributed by atoms with Gasteiger partial charge in [0.05, 0.1) is 14.2 Å². The number of hydrogen-bond acceptors (Lipinski definition) is 3. The topological polar surface area (TPSA) is 47.6 Å². The van der Waals surface area contributed by atoms with Crippen molar-refractivity contribution in [2.75, 3.05) is 14.2 Å². The van der Waals surface area contributed by atoms with E-state index < -0.39 is 0 Å². The molecule has 0 heterocycles. The highest BCUT2D eigenvalue weighted by Crippen LogP contribution is 2.27. The lowest BCUT2D eigenvalue weighted by molar-refractivity contribution is 0.0930. The Morgan fingerprint density at radius 3 is 2.22 bits per heavy atom. The summed E-state index contributed by atoms with van der Waals surface area (Å²) in [4.78, 5) is 12.0. The fraction of sp³-hybridized carbons (Fsp3) is 0.500. The standard InChI is InChI=1S/C14H21NO3/c1-9(2)10(3)15-14(16)11-6-7-12(17-4)13(8-11)18-5/h6-10H,1-5H3,(H,15,16)/t10-/m0/s1. The molecule has 0 saturated carbocycles. The van der Waals surface area contributed by atoms with Gasteiger partial charge in [-0.2, -0.15) is 0 Å². The average Bonchev–Trinajstić information content (AvgIpc) is 2.37. The monoisotopic (exact) mass is 251 g/mol. The predicted octanol–water partition coefficient (Wildman–Crippen LogP) is 2.48. The van der Waals surface area contributed by atoms with Crippen molar-refractivity contribution in [3.8, 4) is 11.5 Å². The second kappa shape index (κ2) is 6.28. The van der Waals surface area contributed by atoms with Crippen LogP contribution in [0.1, 0.15) is 31.1 Å². The maximum absolute atomic E-state index is 12.0. The van der Waals surface area contributed by atoms with Gasteiger partial charge in [-0.25, -0.2) is 0 Å². The predicted molar refractivity (Wildman–Crippen MR) is 71.3 cm³/mol. The number of methoxy groups -OCH3 is 2. The molecule has 4 nitrogen and oxygen atoms in total. The SMILES string of the molecule is COc1ccc(C(=O)N[C@@H](C)C(C)C)cc1OC. The zero-order chi connectivity index (χ0) is 13.7.